The van der Waals surface area contributed by atoms with Gasteiger partial charge in [-0.3, -0.25) is 4.79 Å². The van der Waals surface area contributed by atoms with E-state index in [0.29, 0.717) is 17.3 Å². The van der Waals surface area contributed by atoms with Gasteiger partial charge in [-0.05, 0) is 63.3 Å². The van der Waals surface area contributed by atoms with Crippen LogP contribution in [0.1, 0.15) is 46.7 Å². The molecule has 0 bridgehead atoms. The van der Waals surface area contributed by atoms with Crippen molar-refractivity contribution in [1.82, 2.24) is 14.9 Å². The molecule has 3 rings (SSSR count). The predicted octanol–water partition coefficient (Wildman–Crippen LogP) is 3.77. The second kappa shape index (κ2) is 6.99. The predicted molar refractivity (Wildman–Crippen MR) is 95.7 cm³/mol. The van der Waals surface area contributed by atoms with Gasteiger partial charge in [0.2, 0.25) is 0 Å². The number of nitrogens with zero attached hydrogens (tertiary/aromatic N) is 3. The molecular formula is C19H24N4O. The maximum atomic E-state index is 12.7. The number of hydrogen-bond acceptors (Lipinski definition) is 4. The van der Waals surface area contributed by atoms with E-state index in [4.69, 9.17) is 0 Å². The fraction of sp³-hybridized carbons (Fsp3) is 0.421. The summed E-state index contributed by atoms with van der Waals surface area (Å²) in [5.74, 6) is 1.27. The van der Waals surface area contributed by atoms with Crippen molar-refractivity contribution >= 4 is 17.4 Å². The summed E-state index contributed by atoms with van der Waals surface area (Å²) >= 11 is 0. The van der Waals surface area contributed by atoms with Crippen LogP contribution in [0.25, 0.3) is 0 Å². The van der Waals surface area contributed by atoms with E-state index in [1.54, 1.807) is 6.07 Å². The van der Waals surface area contributed by atoms with Crippen molar-refractivity contribution in [3.05, 3.63) is 46.9 Å². The first-order valence-corrected chi connectivity index (χ1v) is 8.51. The van der Waals surface area contributed by atoms with Gasteiger partial charge in [-0.2, -0.15) is 0 Å². The van der Waals surface area contributed by atoms with Gasteiger partial charge in [0.05, 0.1) is 0 Å². The van der Waals surface area contributed by atoms with Crippen molar-refractivity contribution in [1.29, 1.82) is 0 Å². The van der Waals surface area contributed by atoms with Crippen LogP contribution in [0.2, 0.25) is 0 Å². The van der Waals surface area contributed by atoms with Gasteiger partial charge in [-0.1, -0.05) is 6.07 Å². The average Bonchev–Trinajstić information content (AvgIpc) is 2.53. The Hall–Kier alpha value is -2.43. The molecule has 0 unspecified atom stereocenters. The van der Waals surface area contributed by atoms with Crippen LogP contribution in [0.5, 0.6) is 0 Å². The van der Waals surface area contributed by atoms with Gasteiger partial charge in [-0.25, -0.2) is 9.97 Å². The Morgan fingerprint density at radius 1 is 0.958 bits per heavy atom. The molecule has 2 heterocycles. The third-order valence-corrected chi connectivity index (χ3v) is 4.19. The van der Waals surface area contributed by atoms with E-state index in [9.17, 15) is 4.79 Å². The highest BCUT2D eigenvalue weighted by molar-refractivity contribution is 5.93. The number of aromatic nitrogens is 2. The van der Waals surface area contributed by atoms with E-state index in [2.05, 4.69) is 47.3 Å². The van der Waals surface area contributed by atoms with Gasteiger partial charge in [0.25, 0.3) is 5.91 Å². The van der Waals surface area contributed by atoms with Crippen molar-refractivity contribution in [3.63, 3.8) is 0 Å². The zero-order valence-electron chi connectivity index (χ0n) is 14.6. The lowest BCUT2D eigenvalue weighted by Crippen LogP contribution is -2.36. The van der Waals surface area contributed by atoms with Gasteiger partial charge < -0.3 is 10.2 Å². The summed E-state index contributed by atoms with van der Waals surface area (Å²) in [6.45, 7) is 7.59. The molecular weight excluding hydrogens is 300 g/mol. The van der Waals surface area contributed by atoms with Crippen molar-refractivity contribution in [3.8, 4) is 0 Å². The number of nitrogens with one attached hydrogen (secondary N) is 1. The summed E-state index contributed by atoms with van der Waals surface area (Å²) in [6.07, 6.45) is 3.35. The van der Waals surface area contributed by atoms with Gasteiger partial charge in [0.1, 0.15) is 17.3 Å². The van der Waals surface area contributed by atoms with E-state index in [1.165, 1.54) is 17.5 Å². The lowest BCUT2D eigenvalue weighted by Gasteiger charge is -2.26. The van der Waals surface area contributed by atoms with Crippen LogP contribution in [0, 0.1) is 20.8 Å². The fourth-order valence-corrected chi connectivity index (χ4v) is 3.20. The van der Waals surface area contributed by atoms with E-state index in [-0.39, 0.29) is 5.91 Å². The molecule has 1 aliphatic heterocycles. The van der Waals surface area contributed by atoms with Crippen molar-refractivity contribution in [2.45, 2.75) is 40.0 Å². The summed E-state index contributed by atoms with van der Waals surface area (Å²) < 4.78 is 0. The van der Waals surface area contributed by atoms with Crippen LogP contribution in [-0.2, 0) is 0 Å². The van der Waals surface area contributed by atoms with Crippen LogP contribution in [0.3, 0.4) is 0 Å². The number of anilines is 2. The highest BCUT2D eigenvalue weighted by Gasteiger charge is 2.20. The van der Waals surface area contributed by atoms with Gasteiger partial charge in [0, 0.05) is 24.8 Å². The highest BCUT2D eigenvalue weighted by Crippen LogP contribution is 2.20. The van der Waals surface area contributed by atoms with Crippen LogP contribution >= 0.6 is 0 Å². The molecule has 5 nitrogen and oxygen atoms in total. The number of aryl methyl sites for hydroxylation is 3. The summed E-state index contributed by atoms with van der Waals surface area (Å²) in [4.78, 5) is 23.3. The number of piperidine rings is 1. The zero-order chi connectivity index (χ0) is 17.1. The Balaban J connectivity index is 1.84. The van der Waals surface area contributed by atoms with Gasteiger partial charge in [0.15, 0.2) is 0 Å². The molecule has 1 fully saturated rings. The molecule has 0 atom stereocenters. The Morgan fingerprint density at radius 3 is 2.29 bits per heavy atom. The molecule has 1 aromatic heterocycles. The lowest BCUT2D eigenvalue weighted by molar-refractivity contribution is 0.0718. The summed E-state index contributed by atoms with van der Waals surface area (Å²) in [7, 11) is 0. The van der Waals surface area contributed by atoms with E-state index < -0.39 is 0 Å². The monoisotopic (exact) mass is 324 g/mol. The highest BCUT2D eigenvalue weighted by atomic mass is 16.2. The SMILES string of the molecule is Cc1cc(C)cc(Nc2cc(C(=O)N3CCCCC3)nc(C)n2)c1. The first-order chi connectivity index (χ1) is 11.5. The van der Waals surface area contributed by atoms with Crippen LogP contribution in [-0.4, -0.2) is 33.9 Å². The topological polar surface area (TPSA) is 58.1 Å². The first kappa shape index (κ1) is 16.4. The lowest BCUT2D eigenvalue weighted by atomic mass is 10.1. The minimum absolute atomic E-state index is 0.00340. The summed E-state index contributed by atoms with van der Waals surface area (Å²) in [6, 6.07) is 8.01. The van der Waals surface area contributed by atoms with Crippen molar-refractivity contribution < 1.29 is 4.79 Å². The van der Waals surface area contributed by atoms with E-state index in [1.807, 2.05) is 11.8 Å². The largest absolute Gasteiger partial charge is 0.340 e. The molecule has 1 N–H and O–H groups in total. The van der Waals surface area contributed by atoms with Gasteiger partial charge in [-0.15, -0.1) is 0 Å². The summed E-state index contributed by atoms with van der Waals surface area (Å²) in [5, 5.41) is 3.30. The van der Waals surface area contributed by atoms with Crippen LogP contribution < -0.4 is 5.32 Å². The molecule has 1 saturated heterocycles. The second-order valence-corrected chi connectivity index (χ2v) is 6.54. The number of benzene rings is 1. The number of likely N-dealkylation sites (tertiary alicyclic amines) is 1. The number of carbonyl (C=O) groups excluding carboxylic acids is 1. The van der Waals surface area contributed by atoms with Crippen LogP contribution in [0.4, 0.5) is 11.5 Å². The second-order valence-electron chi connectivity index (χ2n) is 6.54. The standard InChI is InChI=1S/C19H24N4O/c1-13-9-14(2)11-16(10-13)22-18-12-17(20-15(3)21-18)19(24)23-7-5-4-6-8-23/h9-12H,4-8H2,1-3H3,(H,20,21,22). The molecule has 1 aromatic carbocycles. The van der Waals surface area contributed by atoms with Crippen molar-refractivity contribution in [2.24, 2.45) is 0 Å². The third-order valence-electron chi connectivity index (χ3n) is 4.19. The summed E-state index contributed by atoms with van der Waals surface area (Å²) in [5.41, 5.74) is 3.82. The molecule has 24 heavy (non-hydrogen) atoms. The number of amides is 1. The maximum absolute atomic E-state index is 12.7. The fourth-order valence-electron chi connectivity index (χ4n) is 3.20. The smallest absolute Gasteiger partial charge is 0.272 e. The average molecular weight is 324 g/mol. The minimum atomic E-state index is 0.00340. The number of carbonyl (C=O) groups is 1. The normalized spacial score (nSPS) is 14.5. The van der Waals surface area contributed by atoms with E-state index in [0.717, 1.165) is 31.6 Å². The Kier molecular flexibility index (Phi) is 4.79. The Bertz CT molecular complexity index is 731. The molecule has 5 heteroatoms. The first-order valence-electron chi connectivity index (χ1n) is 8.51. The molecule has 1 aliphatic rings. The van der Waals surface area contributed by atoms with E-state index >= 15 is 0 Å². The molecule has 2 aromatic rings. The molecule has 0 saturated carbocycles. The molecule has 126 valence electrons. The Morgan fingerprint density at radius 2 is 1.62 bits per heavy atom. The van der Waals surface area contributed by atoms with Gasteiger partial charge >= 0.3 is 0 Å². The zero-order valence-corrected chi connectivity index (χ0v) is 14.6. The maximum Gasteiger partial charge on any atom is 0.272 e. The third kappa shape index (κ3) is 3.91. The molecule has 0 radical (unpaired) electrons. The molecule has 0 spiro atoms. The van der Waals surface area contributed by atoms with Crippen molar-refractivity contribution in [2.75, 3.05) is 18.4 Å². The molecule has 0 aliphatic carbocycles. The number of hydrogen-bond donors (Lipinski definition) is 1. The van der Waals surface area contributed by atoms with Crippen LogP contribution in [0.15, 0.2) is 24.3 Å². The molecule has 1 amide bonds. The number of rotatable bonds is 3. The minimum Gasteiger partial charge on any atom is -0.340 e. The Labute approximate surface area is 143 Å². The quantitative estimate of drug-likeness (QED) is 0.933.